The van der Waals surface area contributed by atoms with Gasteiger partial charge in [-0.25, -0.2) is 0 Å². The van der Waals surface area contributed by atoms with E-state index >= 15 is 0 Å². The third-order valence-electron chi connectivity index (χ3n) is 3.27. The average Bonchev–Trinajstić information content (AvgIpc) is 2.41. The zero-order chi connectivity index (χ0) is 13.4. The van der Waals surface area contributed by atoms with Gasteiger partial charge in [-0.05, 0) is 24.6 Å². The van der Waals surface area contributed by atoms with E-state index in [2.05, 4.69) is 4.98 Å². The van der Waals surface area contributed by atoms with Crippen molar-refractivity contribution < 1.29 is 5.11 Å². The highest BCUT2D eigenvalue weighted by molar-refractivity contribution is 5.99. The van der Waals surface area contributed by atoms with Crippen molar-refractivity contribution in [2.75, 3.05) is 0 Å². The minimum atomic E-state index is -0.193. The van der Waals surface area contributed by atoms with Crippen molar-refractivity contribution in [2.24, 2.45) is 0 Å². The summed E-state index contributed by atoms with van der Waals surface area (Å²) in [6.07, 6.45) is 1.65. The molecule has 1 aromatic heterocycles. The van der Waals surface area contributed by atoms with Crippen LogP contribution in [0.1, 0.15) is 5.56 Å². The van der Waals surface area contributed by atoms with Crippen molar-refractivity contribution in [3.63, 3.8) is 0 Å². The topological polar surface area (TPSA) is 53.1 Å². The van der Waals surface area contributed by atoms with Gasteiger partial charge < -0.3 is 10.1 Å². The van der Waals surface area contributed by atoms with Gasteiger partial charge in [-0.1, -0.05) is 35.9 Å². The number of phenols is 1. The second kappa shape index (κ2) is 4.28. The van der Waals surface area contributed by atoms with Crippen LogP contribution in [0.5, 0.6) is 5.75 Å². The Morgan fingerprint density at radius 2 is 1.79 bits per heavy atom. The summed E-state index contributed by atoms with van der Waals surface area (Å²) in [6, 6.07) is 13.0. The first-order valence-corrected chi connectivity index (χ1v) is 6.07. The van der Waals surface area contributed by atoms with Crippen molar-refractivity contribution in [1.82, 2.24) is 4.98 Å². The maximum Gasteiger partial charge on any atom is 0.255 e. The van der Waals surface area contributed by atoms with E-state index in [4.69, 9.17) is 0 Å². The number of aromatic amines is 1. The van der Waals surface area contributed by atoms with E-state index < -0.39 is 0 Å². The monoisotopic (exact) mass is 251 g/mol. The van der Waals surface area contributed by atoms with Crippen LogP contribution in [0, 0.1) is 6.92 Å². The Labute approximate surface area is 110 Å². The van der Waals surface area contributed by atoms with Gasteiger partial charge in [-0.15, -0.1) is 0 Å². The molecule has 0 saturated carbocycles. The van der Waals surface area contributed by atoms with E-state index in [9.17, 15) is 9.90 Å². The average molecular weight is 251 g/mol. The van der Waals surface area contributed by atoms with Gasteiger partial charge >= 0.3 is 0 Å². The summed E-state index contributed by atoms with van der Waals surface area (Å²) in [4.78, 5) is 14.5. The standard InChI is InChI=1S/C16H13NO2/c1-10-5-7-11(8-6-10)13-9-17-16(19)12-3-2-4-14(18)15(12)13/h2-9,18H,1H3,(H,17,19). The minimum Gasteiger partial charge on any atom is -0.507 e. The normalized spacial score (nSPS) is 10.8. The number of nitrogens with one attached hydrogen (secondary N) is 1. The van der Waals surface area contributed by atoms with E-state index in [0.29, 0.717) is 10.8 Å². The fourth-order valence-corrected chi connectivity index (χ4v) is 2.26. The maximum atomic E-state index is 11.8. The zero-order valence-corrected chi connectivity index (χ0v) is 10.5. The second-order valence-corrected chi connectivity index (χ2v) is 4.60. The van der Waals surface area contributed by atoms with E-state index in [1.165, 1.54) is 5.56 Å². The molecule has 0 amide bonds. The number of pyridine rings is 1. The Morgan fingerprint density at radius 3 is 2.53 bits per heavy atom. The molecule has 0 fully saturated rings. The van der Waals surface area contributed by atoms with Crippen LogP contribution in [0.3, 0.4) is 0 Å². The third-order valence-corrected chi connectivity index (χ3v) is 3.27. The van der Waals surface area contributed by atoms with Gasteiger partial charge in [-0.2, -0.15) is 0 Å². The predicted octanol–water partition coefficient (Wildman–Crippen LogP) is 3.21. The Balaban J connectivity index is 2.39. The molecular weight excluding hydrogens is 238 g/mol. The van der Waals surface area contributed by atoms with Crippen LogP contribution in [0.25, 0.3) is 21.9 Å². The highest BCUT2D eigenvalue weighted by Gasteiger charge is 2.10. The number of phenolic OH excluding ortho intramolecular Hbond substituents is 1. The summed E-state index contributed by atoms with van der Waals surface area (Å²) in [7, 11) is 0. The molecule has 0 atom stereocenters. The van der Waals surface area contributed by atoms with E-state index in [1.807, 2.05) is 31.2 Å². The van der Waals surface area contributed by atoms with Gasteiger partial charge in [0.15, 0.2) is 0 Å². The van der Waals surface area contributed by atoms with Gasteiger partial charge in [0.05, 0.1) is 5.39 Å². The van der Waals surface area contributed by atoms with Gasteiger partial charge in [0.1, 0.15) is 5.75 Å². The van der Waals surface area contributed by atoms with Crippen LogP contribution in [-0.4, -0.2) is 10.1 Å². The molecule has 0 aliphatic heterocycles. The first-order chi connectivity index (χ1) is 9.16. The van der Waals surface area contributed by atoms with Gasteiger partial charge in [0.2, 0.25) is 0 Å². The van der Waals surface area contributed by atoms with Crippen molar-refractivity contribution in [1.29, 1.82) is 0 Å². The van der Waals surface area contributed by atoms with Gasteiger partial charge in [0.25, 0.3) is 5.56 Å². The fourth-order valence-electron chi connectivity index (χ4n) is 2.26. The molecule has 3 heteroatoms. The molecule has 0 aliphatic rings. The lowest BCUT2D eigenvalue weighted by Crippen LogP contribution is -2.05. The predicted molar refractivity (Wildman–Crippen MR) is 76.4 cm³/mol. The molecule has 0 spiro atoms. The van der Waals surface area contributed by atoms with Gasteiger partial charge in [-0.3, -0.25) is 4.79 Å². The summed E-state index contributed by atoms with van der Waals surface area (Å²) in [5, 5.41) is 11.1. The Bertz CT molecular complexity index is 801. The number of hydrogen-bond acceptors (Lipinski definition) is 2. The smallest absolute Gasteiger partial charge is 0.255 e. The molecule has 0 radical (unpaired) electrons. The third kappa shape index (κ3) is 1.89. The fraction of sp³-hybridized carbons (Fsp3) is 0.0625. The lowest BCUT2D eigenvalue weighted by molar-refractivity contribution is 0.481. The van der Waals surface area contributed by atoms with E-state index in [0.717, 1.165) is 11.1 Å². The molecule has 3 nitrogen and oxygen atoms in total. The molecule has 3 rings (SSSR count). The number of fused-ring (bicyclic) bond motifs is 1. The lowest BCUT2D eigenvalue weighted by atomic mass is 9.99. The van der Waals surface area contributed by atoms with Crippen LogP contribution in [0.2, 0.25) is 0 Å². The highest BCUT2D eigenvalue weighted by atomic mass is 16.3. The number of aromatic nitrogens is 1. The number of benzene rings is 2. The molecule has 3 aromatic rings. The first kappa shape index (κ1) is 11.5. The van der Waals surface area contributed by atoms with Crippen LogP contribution >= 0.6 is 0 Å². The van der Waals surface area contributed by atoms with Crippen molar-refractivity contribution >= 4 is 10.8 Å². The highest BCUT2D eigenvalue weighted by Crippen LogP contribution is 2.32. The molecule has 2 aromatic carbocycles. The van der Waals surface area contributed by atoms with Crippen molar-refractivity contribution in [3.05, 3.63) is 64.6 Å². The summed E-state index contributed by atoms with van der Waals surface area (Å²) < 4.78 is 0. The molecule has 19 heavy (non-hydrogen) atoms. The number of aromatic hydroxyl groups is 1. The Morgan fingerprint density at radius 1 is 1.05 bits per heavy atom. The minimum absolute atomic E-state index is 0.124. The van der Waals surface area contributed by atoms with Crippen LogP contribution < -0.4 is 5.56 Å². The van der Waals surface area contributed by atoms with Crippen LogP contribution in [0.4, 0.5) is 0 Å². The number of H-pyrrole nitrogens is 1. The van der Waals surface area contributed by atoms with E-state index in [1.54, 1.807) is 24.4 Å². The zero-order valence-electron chi connectivity index (χ0n) is 10.5. The number of rotatable bonds is 1. The molecule has 94 valence electrons. The number of hydrogen-bond donors (Lipinski definition) is 2. The van der Waals surface area contributed by atoms with Crippen molar-refractivity contribution in [2.45, 2.75) is 6.92 Å². The quantitative estimate of drug-likeness (QED) is 0.697. The molecule has 0 aliphatic carbocycles. The molecule has 2 N–H and O–H groups in total. The summed E-state index contributed by atoms with van der Waals surface area (Å²) >= 11 is 0. The molecular formula is C16H13NO2. The summed E-state index contributed by atoms with van der Waals surface area (Å²) in [5.41, 5.74) is 2.77. The Kier molecular flexibility index (Phi) is 2.60. The first-order valence-electron chi connectivity index (χ1n) is 6.07. The maximum absolute atomic E-state index is 11.8. The second-order valence-electron chi connectivity index (χ2n) is 4.60. The largest absolute Gasteiger partial charge is 0.507 e. The van der Waals surface area contributed by atoms with Crippen LogP contribution in [-0.2, 0) is 0 Å². The summed E-state index contributed by atoms with van der Waals surface area (Å²) in [5.74, 6) is 0.124. The molecule has 1 heterocycles. The lowest BCUT2D eigenvalue weighted by Gasteiger charge is -2.08. The molecule has 0 unspecified atom stereocenters. The van der Waals surface area contributed by atoms with Gasteiger partial charge in [0, 0.05) is 17.1 Å². The van der Waals surface area contributed by atoms with Crippen molar-refractivity contribution in [3.8, 4) is 16.9 Å². The van der Waals surface area contributed by atoms with E-state index in [-0.39, 0.29) is 11.3 Å². The summed E-state index contributed by atoms with van der Waals surface area (Å²) in [6.45, 7) is 2.02. The van der Waals surface area contributed by atoms with Crippen LogP contribution in [0.15, 0.2) is 53.5 Å². The molecule has 0 saturated heterocycles. The molecule has 0 bridgehead atoms. The number of aryl methyl sites for hydroxylation is 1. The Hall–Kier alpha value is -2.55. The SMILES string of the molecule is Cc1ccc(-c2c[nH]c(=O)c3cccc(O)c23)cc1.